The van der Waals surface area contributed by atoms with Crippen LogP contribution in [0.15, 0.2) is 12.1 Å². The Morgan fingerprint density at radius 2 is 1.83 bits per heavy atom. The lowest BCUT2D eigenvalue weighted by Gasteiger charge is -2.24. The molecule has 1 fully saturated rings. The second-order valence-electron chi connectivity index (χ2n) is 4.67. The largest absolute Gasteiger partial charge is 0.496 e. The monoisotopic (exact) mass is 248 g/mol. The summed E-state index contributed by atoms with van der Waals surface area (Å²) in [5, 5.41) is 4.92. The molecule has 0 aromatic heterocycles. The van der Waals surface area contributed by atoms with Crippen LogP contribution in [0.1, 0.15) is 23.6 Å². The van der Waals surface area contributed by atoms with Gasteiger partial charge in [-0.1, -0.05) is 0 Å². The molecule has 0 bridgehead atoms. The van der Waals surface area contributed by atoms with E-state index in [-0.39, 0.29) is 5.91 Å². The first-order valence-electron chi connectivity index (χ1n) is 5.68. The predicted molar refractivity (Wildman–Crippen MR) is 66.5 cm³/mol. The number of carbonyl (C=O) groups excluding carboxylic acids is 2. The van der Waals surface area contributed by atoms with Crippen LogP contribution in [0, 0.1) is 13.8 Å². The minimum absolute atomic E-state index is 0.333. The van der Waals surface area contributed by atoms with Crippen molar-refractivity contribution >= 4 is 11.9 Å². The lowest BCUT2D eigenvalue weighted by molar-refractivity contribution is -0.123. The lowest BCUT2D eigenvalue weighted by atomic mass is 9.87. The minimum atomic E-state index is -1.02. The number of imide groups is 1. The van der Waals surface area contributed by atoms with E-state index in [1.807, 2.05) is 26.0 Å². The summed E-state index contributed by atoms with van der Waals surface area (Å²) in [4.78, 5) is 23.2. The van der Waals surface area contributed by atoms with Gasteiger partial charge in [-0.05, 0) is 49.6 Å². The van der Waals surface area contributed by atoms with Gasteiger partial charge in [-0.3, -0.25) is 10.1 Å². The highest BCUT2D eigenvalue weighted by Crippen LogP contribution is 2.31. The summed E-state index contributed by atoms with van der Waals surface area (Å²) in [6.07, 6.45) is 0. The Bertz CT molecular complexity index is 539. The van der Waals surface area contributed by atoms with Crippen molar-refractivity contribution in [2.45, 2.75) is 26.3 Å². The zero-order chi connectivity index (χ0) is 13.5. The topological polar surface area (TPSA) is 67.4 Å². The van der Waals surface area contributed by atoms with Crippen molar-refractivity contribution in [3.05, 3.63) is 28.8 Å². The highest BCUT2D eigenvalue weighted by molar-refractivity contribution is 6.07. The molecule has 0 spiro atoms. The number of urea groups is 1. The van der Waals surface area contributed by atoms with Crippen molar-refractivity contribution in [3.63, 3.8) is 0 Å². The number of methoxy groups -OCH3 is 1. The minimum Gasteiger partial charge on any atom is -0.496 e. The molecular weight excluding hydrogens is 232 g/mol. The van der Waals surface area contributed by atoms with Crippen LogP contribution >= 0.6 is 0 Å². The highest BCUT2D eigenvalue weighted by Gasteiger charge is 2.44. The third-order valence-corrected chi connectivity index (χ3v) is 3.33. The van der Waals surface area contributed by atoms with Crippen LogP contribution in [0.2, 0.25) is 0 Å². The summed E-state index contributed by atoms with van der Waals surface area (Å²) in [6.45, 7) is 5.49. The Kier molecular flexibility index (Phi) is 2.77. The second-order valence-corrected chi connectivity index (χ2v) is 4.67. The van der Waals surface area contributed by atoms with Crippen LogP contribution < -0.4 is 15.4 Å². The molecule has 1 aliphatic rings. The van der Waals surface area contributed by atoms with Crippen molar-refractivity contribution in [2.24, 2.45) is 0 Å². The highest BCUT2D eigenvalue weighted by atomic mass is 16.5. The third kappa shape index (κ3) is 1.72. The van der Waals surface area contributed by atoms with Crippen molar-refractivity contribution in [3.8, 4) is 5.75 Å². The van der Waals surface area contributed by atoms with E-state index >= 15 is 0 Å². The van der Waals surface area contributed by atoms with E-state index in [0.717, 1.165) is 22.4 Å². The van der Waals surface area contributed by atoms with Gasteiger partial charge >= 0.3 is 6.03 Å². The molecule has 1 aromatic rings. The van der Waals surface area contributed by atoms with E-state index in [4.69, 9.17) is 4.74 Å². The van der Waals surface area contributed by atoms with E-state index in [1.165, 1.54) is 0 Å². The summed E-state index contributed by atoms with van der Waals surface area (Å²) in [5.41, 5.74) is 1.59. The number of ether oxygens (including phenoxy) is 1. The summed E-state index contributed by atoms with van der Waals surface area (Å²) in [6, 6.07) is 3.28. The van der Waals surface area contributed by atoms with Crippen molar-refractivity contribution in [1.29, 1.82) is 0 Å². The molecule has 5 nitrogen and oxygen atoms in total. The Morgan fingerprint density at radius 3 is 2.33 bits per heavy atom. The average Bonchev–Trinajstić information content (AvgIpc) is 2.56. The van der Waals surface area contributed by atoms with Crippen LogP contribution in [-0.2, 0) is 10.3 Å². The Labute approximate surface area is 106 Å². The first-order valence-corrected chi connectivity index (χ1v) is 5.68. The number of amides is 3. The molecule has 1 aliphatic heterocycles. The van der Waals surface area contributed by atoms with Gasteiger partial charge in [0.15, 0.2) is 0 Å². The number of nitrogens with one attached hydrogen (secondary N) is 2. The second kappa shape index (κ2) is 4.01. The number of carbonyl (C=O) groups is 2. The molecule has 1 aromatic carbocycles. The molecule has 0 aliphatic carbocycles. The Morgan fingerprint density at radius 1 is 1.17 bits per heavy atom. The molecule has 1 heterocycles. The molecule has 2 rings (SSSR count). The summed E-state index contributed by atoms with van der Waals surface area (Å²) in [7, 11) is 1.60. The number of benzene rings is 1. The van der Waals surface area contributed by atoms with Gasteiger partial charge < -0.3 is 10.1 Å². The van der Waals surface area contributed by atoms with Gasteiger partial charge in [-0.25, -0.2) is 4.79 Å². The molecule has 1 unspecified atom stereocenters. The van der Waals surface area contributed by atoms with E-state index in [0.29, 0.717) is 0 Å². The fourth-order valence-corrected chi connectivity index (χ4v) is 2.28. The Balaban J connectivity index is 2.55. The predicted octanol–water partition coefficient (Wildman–Crippen LogP) is 1.37. The van der Waals surface area contributed by atoms with Gasteiger partial charge in [0.25, 0.3) is 5.91 Å². The number of hydrogen-bond acceptors (Lipinski definition) is 3. The maximum Gasteiger partial charge on any atom is 0.322 e. The van der Waals surface area contributed by atoms with E-state index in [1.54, 1.807) is 14.0 Å². The van der Waals surface area contributed by atoms with Crippen molar-refractivity contribution in [2.75, 3.05) is 7.11 Å². The van der Waals surface area contributed by atoms with Crippen LogP contribution in [0.5, 0.6) is 5.75 Å². The normalized spacial score (nSPS) is 22.7. The standard InChI is InChI=1S/C13H16N2O3/c1-7-6-10(18-4)8(2)5-9(7)13(3)11(16)14-12(17)15-13/h5-6H,1-4H3,(H2,14,15,16,17). The van der Waals surface area contributed by atoms with Crippen molar-refractivity contribution in [1.82, 2.24) is 10.6 Å². The number of rotatable bonds is 2. The smallest absolute Gasteiger partial charge is 0.322 e. The maximum atomic E-state index is 11.9. The quantitative estimate of drug-likeness (QED) is 0.777. The zero-order valence-corrected chi connectivity index (χ0v) is 10.9. The lowest BCUT2D eigenvalue weighted by Crippen LogP contribution is -2.41. The van der Waals surface area contributed by atoms with Gasteiger partial charge in [0, 0.05) is 0 Å². The van der Waals surface area contributed by atoms with Crippen LogP contribution in [0.3, 0.4) is 0 Å². The summed E-state index contributed by atoms with van der Waals surface area (Å²) >= 11 is 0. The molecule has 1 saturated heterocycles. The fourth-order valence-electron chi connectivity index (χ4n) is 2.28. The molecule has 5 heteroatoms. The molecule has 0 radical (unpaired) electrons. The van der Waals surface area contributed by atoms with Crippen LogP contribution in [-0.4, -0.2) is 19.0 Å². The molecule has 96 valence electrons. The molecule has 0 saturated carbocycles. The van der Waals surface area contributed by atoms with Crippen LogP contribution in [0.25, 0.3) is 0 Å². The van der Waals surface area contributed by atoms with E-state index in [2.05, 4.69) is 10.6 Å². The van der Waals surface area contributed by atoms with Gasteiger partial charge in [-0.15, -0.1) is 0 Å². The molecule has 18 heavy (non-hydrogen) atoms. The van der Waals surface area contributed by atoms with Gasteiger partial charge in [0.05, 0.1) is 7.11 Å². The maximum absolute atomic E-state index is 11.9. The van der Waals surface area contributed by atoms with Crippen molar-refractivity contribution < 1.29 is 14.3 Å². The van der Waals surface area contributed by atoms with Gasteiger partial charge in [0.1, 0.15) is 11.3 Å². The van der Waals surface area contributed by atoms with Gasteiger partial charge in [-0.2, -0.15) is 0 Å². The summed E-state index contributed by atoms with van der Waals surface area (Å²) < 4.78 is 5.24. The Hall–Kier alpha value is -2.04. The van der Waals surface area contributed by atoms with E-state index < -0.39 is 11.6 Å². The molecular formula is C13H16N2O3. The van der Waals surface area contributed by atoms with Crippen LogP contribution in [0.4, 0.5) is 4.79 Å². The number of hydrogen-bond donors (Lipinski definition) is 2. The SMILES string of the molecule is COc1cc(C)c(C2(C)NC(=O)NC2=O)cc1C. The molecule has 2 N–H and O–H groups in total. The van der Waals surface area contributed by atoms with E-state index in [9.17, 15) is 9.59 Å². The third-order valence-electron chi connectivity index (χ3n) is 3.33. The molecule has 1 atom stereocenters. The van der Waals surface area contributed by atoms with Gasteiger partial charge in [0.2, 0.25) is 0 Å². The summed E-state index contributed by atoms with van der Waals surface area (Å²) in [5.74, 6) is 0.435. The first kappa shape index (κ1) is 12.4. The number of aryl methyl sites for hydroxylation is 2. The zero-order valence-electron chi connectivity index (χ0n) is 10.9. The average molecular weight is 248 g/mol. The fraction of sp³-hybridized carbons (Fsp3) is 0.385. The molecule has 3 amide bonds. The first-order chi connectivity index (χ1) is 8.38.